The van der Waals surface area contributed by atoms with Crippen LogP contribution < -0.4 is 10.2 Å². The Morgan fingerprint density at radius 2 is 2.00 bits per heavy atom. The van der Waals surface area contributed by atoms with Crippen LogP contribution in [-0.2, 0) is 4.79 Å². The highest BCUT2D eigenvalue weighted by Crippen LogP contribution is 2.36. The quantitative estimate of drug-likeness (QED) is 0.492. The van der Waals surface area contributed by atoms with Gasteiger partial charge in [0.1, 0.15) is 17.2 Å². The van der Waals surface area contributed by atoms with Crippen LogP contribution in [-0.4, -0.2) is 18.2 Å². The summed E-state index contributed by atoms with van der Waals surface area (Å²) in [6, 6.07) is 7.17. The van der Waals surface area contributed by atoms with Gasteiger partial charge < -0.3 is 9.15 Å². The maximum absolute atomic E-state index is 11.8. The SMILES string of the molecule is C/C(=N\NC(=O)COc1c(Br)cc(Br)cc1Br)c1ccco1. The summed E-state index contributed by atoms with van der Waals surface area (Å²) in [5.74, 6) is 0.775. The summed E-state index contributed by atoms with van der Waals surface area (Å²) < 4.78 is 13.0. The molecule has 1 aromatic carbocycles. The van der Waals surface area contributed by atoms with E-state index >= 15 is 0 Å². The molecule has 0 aliphatic carbocycles. The molecular formula is C14H11Br3N2O3. The first-order valence-electron chi connectivity index (χ1n) is 6.11. The van der Waals surface area contributed by atoms with Crippen LogP contribution in [0, 0.1) is 0 Å². The minimum absolute atomic E-state index is 0.159. The fraction of sp³-hybridized carbons (Fsp3) is 0.143. The van der Waals surface area contributed by atoms with E-state index in [1.807, 2.05) is 12.1 Å². The normalized spacial score (nSPS) is 11.4. The highest BCUT2D eigenvalue weighted by molar-refractivity contribution is 9.11. The Bertz CT molecular complexity index is 676. The smallest absolute Gasteiger partial charge is 0.277 e. The van der Waals surface area contributed by atoms with Gasteiger partial charge in [0, 0.05) is 4.47 Å². The topological polar surface area (TPSA) is 63.8 Å². The Labute approximate surface area is 152 Å². The Hall–Kier alpha value is -1.12. The van der Waals surface area contributed by atoms with Gasteiger partial charge in [0.05, 0.1) is 15.2 Å². The lowest BCUT2D eigenvalue weighted by atomic mass is 10.3. The van der Waals surface area contributed by atoms with Crippen LogP contribution >= 0.6 is 47.8 Å². The summed E-state index contributed by atoms with van der Waals surface area (Å²) in [5, 5.41) is 3.95. The Morgan fingerprint density at radius 1 is 1.32 bits per heavy atom. The van der Waals surface area contributed by atoms with E-state index in [9.17, 15) is 4.79 Å². The number of carbonyl (C=O) groups is 1. The molecule has 0 radical (unpaired) electrons. The molecule has 0 saturated carbocycles. The number of furan rings is 1. The zero-order chi connectivity index (χ0) is 16.1. The van der Waals surface area contributed by atoms with Gasteiger partial charge in [-0.25, -0.2) is 5.43 Å². The molecule has 5 nitrogen and oxygen atoms in total. The molecule has 0 saturated heterocycles. The molecule has 1 aromatic heterocycles. The third kappa shape index (κ3) is 4.69. The molecule has 0 aliphatic heterocycles. The maximum atomic E-state index is 11.8. The minimum atomic E-state index is -0.368. The molecule has 0 spiro atoms. The highest BCUT2D eigenvalue weighted by Gasteiger charge is 2.10. The van der Waals surface area contributed by atoms with Crippen LogP contribution in [0.1, 0.15) is 12.7 Å². The summed E-state index contributed by atoms with van der Waals surface area (Å²) in [6.45, 7) is 1.58. The van der Waals surface area contributed by atoms with E-state index < -0.39 is 0 Å². The van der Waals surface area contributed by atoms with Crippen LogP contribution in [0.5, 0.6) is 5.75 Å². The molecule has 0 bridgehead atoms. The number of rotatable bonds is 5. The fourth-order valence-corrected chi connectivity index (χ4v) is 4.01. The van der Waals surface area contributed by atoms with Gasteiger partial charge in [-0.15, -0.1) is 0 Å². The largest absolute Gasteiger partial charge is 0.481 e. The molecule has 0 aliphatic rings. The lowest BCUT2D eigenvalue weighted by Crippen LogP contribution is -2.25. The van der Waals surface area contributed by atoms with E-state index in [2.05, 4.69) is 58.3 Å². The zero-order valence-corrected chi connectivity index (χ0v) is 16.2. The fourth-order valence-electron chi connectivity index (χ4n) is 1.52. The van der Waals surface area contributed by atoms with Crippen molar-refractivity contribution >= 4 is 59.4 Å². The molecule has 8 heteroatoms. The van der Waals surface area contributed by atoms with Crippen molar-refractivity contribution < 1.29 is 13.9 Å². The van der Waals surface area contributed by atoms with E-state index in [0.717, 1.165) is 13.4 Å². The number of nitrogens with zero attached hydrogens (tertiary/aromatic N) is 1. The van der Waals surface area contributed by atoms with E-state index in [-0.39, 0.29) is 12.5 Å². The van der Waals surface area contributed by atoms with E-state index in [4.69, 9.17) is 9.15 Å². The van der Waals surface area contributed by atoms with Crippen LogP contribution in [0.3, 0.4) is 0 Å². The number of halogens is 3. The molecule has 0 fully saturated rings. The van der Waals surface area contributed by atoms with Gasteiger partial charge in [-0.1, -0.05) is 15.9 Å². The van der Waals surface area contributed by atoms with Crippen molar-refractivity contribution in [2.75, 3.05) is 6.61 Å². The minimum Gasteiger partial charge on any atom is -0.481 e. The van der Waals surface area contributed by atoms with Crippen molar-refractivity contribution in [1.29, 1.82) is 0 Å². The molecule has 22 heavy (non-hydrogen) atoms. The molecule has 1 N–H and O–H groups in total. The number of hydrogen-bond acceptors (Lipinski definition) is 4. The average Bonchev–Trinajstić information content (AvgIpc) is 2.97. The first-order valence-corrected chi connectivity index (χ1v) is 8.49. The van der Waals surface area contributed by atoms with E-state index in [0.29, 0.717) is 17.2 Å². The van der Waals surface area contributed by atoms with Gasteiger partial charge in [0.15, 0.2) is 6.61 Å². The van der Waals surface area contributed by atoms with Gasteiger partial charge >= 0.3 is 0 Å². The van der Waals surface area contributed by atoms with Gasteiger partial charge in [-0.2, -0.15) is 5.10 Å². The molecule has 1 heterocycles. The summed E-state index contributed by atoms with van der Waals surface area (Å²) in [7, 11) is 0. The summed E-state index contributed by atoms with van der Waals surface area (Å²) in [5.41, 5.74) is 2.99. The van der Waals surface area contributed by atoms with Gasteiger partial charge in [0.2, 0.25) is 0 Å². The third-order valence-electron chi connectivity index (χ3n) is 2.54. The van der Waals surface area contributed by atoms with Crippen molar-refractivity contribution in [2.45, 2.75) is 6.92 Å². The Kier molecular flexibility index (Phi) is 6.22. The number of nitrogens with one attached hydrogen (secondary N) is 1. The molecular weight excluding hydrogens is 484 g/mol. The number of carbonyl (C=O) groups excluding carboxylic acids is 1. The zero-order valence-electron chi connectivity index (χ0n) is 11.4. The lowest BCUT2D eigenvalue weighted by Gasteiger charge is -2.10. The van der Waals surface area contributed by atoms with Crippen molar-refractivity contribution in [1.82, 2.24) is 5.43 Å². The second-order valence-corrected chi connectivity index (χ2v) is 6.82. The van der Waals surface area contributed by atoms with Crippen molar-refractivity contribution in [3.05, 3.63) is 49.7 Å². The van der Waals surface area contributed by atoms with Crippen LogP contribution in [0.4, 0.5) is 0 Å². The maximum Gasteiger partial charge on any atom is 0.277 e. The van der Waals surface area contributed by atoms with Gasteiger partial charge in [-0.3, -0.25) is 4.79 Å². The second-order valence-electron chi connectivity index (χ2n) is 4.20. The molecule has 2 rings (SSSR count). The summed E-state index contributed by atoms with van der Waals surface area (Å²) in [4.78, 5) is 11.8. The number of amides is 1. The number of hydrazone groups is 1. The van der Waals surface area contributed by atoms with Gasteiger partial charge in [0.25, 0.3) is 5.91 Å². The van der Waals surface area contributed by atoms with Gasteiger partial charge in [-0.05, 0) is 63.0 Å². The molecule has 0 atom stereocenters. The number of hydrogen-bond donors (Lipinski definition) is 1. The Balaban J connectivity index is 1.92. The predicted molar refractivity (Wildman–Crippen MR) is 94.1 cm³/mol. The summed E-state index contributed by atoms with van der Waals surface area (Å²) >= 11 is 10.1. The molecule has 1 amide bonds. The van der Waals surface area contributed by atoms with E-state index in [1.54, 1.807) is 25.3 Å². The van der Waals surface area contributed by atoms with Crippen LogP contribution in [0.25, 0.3) is 0 Å². The number of benzene rings is 1. The third-order valence-corrected chi connectivity index (χ3v) is 4.17. The highest BCUT2D eigenvalue weighted by atomic mass is 79.9. The van der Waals surface area contributed by atoms with Crippen LogP contribution in [0.15, 0.2) is 53.5 Å². The van der Waals surface area contributed by atoms with Crippen molar-refractivity contribution in [3.63, 3.8) is 0 Å². The molecule has 0 unspecified atom stereocenters. The first-order chi connectivity index (χ1) is 10.5. The van der Waals surface area contributed by atoms with Crippen LogP contribution in [0.2, 0.25) is 0 Å². The second kappa shape index (κ2) is 7.94. The Morgan fingerprint density at radius 3 is 2.59 bits per heavy atom. The predicted octanol–water partition coefficient (Wildman–Crippen LogP) is 4.49. The average molecular weight is 495 g/mol. The number of ether oxygens (including phenoxy) is 1. The standard InChI is InChI=1S/C14H11Br3N2O3/c1-8(12-3-2-4-21-12)18-19-13(20)7-22-14-10(16)5-9(15)6-11(14)17/h2-6H,7H2,1H3,(H,19,20)/b18-8+. The summed E-state index contributed by atoms with van der Waals surface area (Å²) in [6.07, 6.45) is 1.54. The van der Waals surface area contributed by atoms with E-state index in [1.165, 1.54) is 0 Å². The van der Waals surface area contributed by atoms with Crippen molar-refractivity contribution in [2.24, 2.45) is 5.10 Å². The molecule has 2 aromatic rings. The molecule has 116 valence electrons. The monoisotopic (exact) mass is 492 g/mol. The van der Waals surface area contributed by atoms with Crippen molar-refractivity contribution in [3.8, 4) is 5.75 Å². The first kappa shape index (κ1) is 17.2. The lowest BCUT2D eigenvalue weighted by molar-refractivity contribution is -0.123.